The van der Waals surface area contributed by atoms with Crippen molar-refractivity contribution in [1.82, 2.24) is 4.98 Å². The van der Waals surface area contributed by atoms with Gasteiger partial charge in [0.15, 0.2) is 0 Å². The molecule has 0 unspecified atom stereocenters. The van der Waals surface area contributed by atoms with Gasteiger partial charge in [0, 0.05) is 18.5 Å². The molecule has 0 radical (unpaired) electrons. The van der Waals surface area contributed by atoms with Crippen LogP contribution < -0.4 is 15.2 Å². The number of sulfonamides is 1. The SMILES string of the molecule is CC(C)c1ccc(S(N)(=O)=O)cc1.CC=O.CNc1cnc2cc(OC)ccc2c1C(C)C. The summed E-state index contributed by atoms with van der Waals surface area (Å²) in [5, 5.41) is 9.35. The van der Waals surface area contributed by atoms with Crippen molar-refractivity contribution in [2.75, 3.05) is 19.5 Å². The number of nitrogens with one attached hydrogen (secondary N) is 1. The van der Waals surface area contributed by atoms with E-state index < -0.39 is 10.0 Å². The highest BCUT2D eigenvalue weighted by Gasteiger charge is 2.12. The zero-order chi connectivity index (χ0) is 25.2. The largest absolute Gasteiger partial charge is 0.497 e. The van der Waals surface area contributed by atoms with Gasteiger partial charge in [-0.05, 0) is 54.2 Å². The van der Waals surface area contributed by atoms with Crippen LogP contribution in [0.25, 0.3) is 10.9 Å². The molecule has 0 bridgehead atoms. The van der Waals surface area contributed by atoms with Crippen molar-refractivity contribution in [2.45, 2.75) is 51.3 Å². The van der Waals surface area contributed by atoms with Crippen LogP contribution in [0.2, 0.25) is 0 Å². The molecule has 7 nitrogen and oxygen atoms in total. The monoisotopic (exact) mass is 473 g/mol. The van der Waals surface area contributed by atoms with Crippen LogP contribution in [0.3, 0.4) is 0 Å². The lowest BCUT2D eigenvalue weighted by molar-refractivity contribution is -0.106. The molecular formula is C25H35N3O4S. The van der Waals surface area contributed by atoms with Gasteiger partial charge in [0.05, 0.1) is 29.4 Å². The highest BCUT2D eigenvalue weighted by molar-refractivity contribution is 7.89. The van der Waals surface area contributed by atoms with Gasteiger partial charge >= 0.3 is 0 Å². The maximum Gasteiger partial charge on any atom is 0.238 e. The van der Waals surface area contributed by atoms with E-state index in [-0.39, 0.29) is 4.90 Å². The Kier molecular flexibility index (Phi) is 11.0. The number of fused-ring (bicyclic) bond motifs is 1. The molecule has 3 N–H and O–H groups in total. The van der Waals surface area contributed by atoms with Crippen molar-refractivity contribution < 1.29 is 17.9 Å². The molecule has 3 rings (SSSR count). The fraction of sp³-hybridized carbons (Fsp3) is 0.360. The first-order valence-electron chi connectivity index (χ1n) is 10.7. The third-order valence-electron chi connectivity index (χ3n) is 4.84. The summed E-state index contributed by atoms with van der Waals surface area (Å²) in [5.74, 6) is 1.70. The molecule has 33 heavy (non-hydrogen) atoms. The summed E-state index contributed by atoms with van der Waals surface area (Å²) < 4.78 is 27.0. The van der Waals surface area contributed by atoms with E-state index in [1.807, 2.05) is 39.2 Å². The number of aldehydes is 1. The summed E-state index contributed by atoms with van der Waals surface area (Å²) in [6.07, 6.45) is 2.64. The molecule has 0 aliphatic heterocycles. The Bertz CT molecular complexity index is 1140. The van der Waals surface area contributed by atoms with Crippen LogP contribution in [0, 0.1) is 0 Å². The average Bonchev–Trinajstić information content (AvgIpc) is 2.78. The number of aromatic nitrogens is 1. The van der Waals surface area contributed by atoms with Gasteiger partial charge in [0.1, 0.15) is 12.0 Å². The molecule has 0 spiro atoms. The Hall–Kier alpha value is -2.97. The van der Waals surface area contributed by atoms with E-state index >= 15 is 0 Å². The predicted octanol–water partition coefficient (Wildman–Crippen LogP) is 5.07. The number of carbonyl (C=O) groups is 1. The standard InChI is InChI=1S/C14H18N2O.C9H13NO2S.C2H4O/c1-9(2)14-11-6-5-10(17-4)7-12(11)16-8-13(14)15-3;1-7(2)8-3-5-9(6-4-8)13(10,11)12;1-2-3/h5-9,15H,1-4H3;3-7H,1-2H3,(H2,10,11,12);2H,1H3. The van der Waals surface area contributed by atoms with E-state index in [0.717, 1.165) is 28.8 Å². The van der Waals surface area contributed by atoms with Crippen LogP contribution in [0.5, 0.6) is 5.75 Å². The summed E-state index contributed by atoms with van der Waals surface area (Å²) in [6, 6.07) is 12.7. The van der Waals surface area contributed by atoms with Crippen molar-refractivity contribution in [2.24, 2.45) is 5.14 Å². The van der Waals surface area contributed by atoms with Crippen molar-refractivity contribution >= 4 is 32.9 Å². The maximum atomic E-state index is 10.9. The fourth-order valence-corrected chi connectivity index (χ4v) is 3.70. The smallest absolute Gasteiger partial charge is 0.238 e. The van der Waals surface area contributed by atoms with E-state index in [1.165, 1.54) is 30.0 Å². The normalized spacial score (nSPS) is 10.7. The summed E-state index contributed by atoms with van der Waals surface area (Å²) in [6.45, 7) is 9.93. The minimum absolute atomic E-state index is 0.164. The van der Waals surface area contributed by atoms with Crippen molar-refractivity contribution in [3.05, 3.63) is 59.8 Å². The summed E-state index contributed by atoms with van der Waals surface area (Å²) in [5.41, 5.74) is 4.48. The van der Waals surface area contributed by atoms with Gasteiger partial charge in [-0.2, -0.15) is 0 Å². The third-order valence-corrected chi connectivity index (χ3v) is 5.77. The number of rotatable bonds is 5. The Morgan fingerprint density at radius 1 is 1.03 bits per heavy atom. The third kappa shape index (κ3) is 8.14. The zero-order valence-electron chi connectivity index (χ0n) is 20.4. The number of carbonyl (C=O) groups excluding carboxylic acids is 1. The lowest BCUT2D eigenvalue weighted by atomic mass is 9.97. The molecule has 0 saturated carbocycles. The number of ether oxygens (including phenoxy) is 1. The number of pyridine rings is 1. The summed E-state index contributed by atoms with van der Waals surface area (Å²) >= 11 is 0. The first-order chi connectivity index (χ1) is 15.5. The number of benzene rings is 2. The second kappa shape index (κ2) is 12.9. The number of nitrogens with zero attached hydrogens (tertiary/aromatic N) is 1. The molecule has 0 saturated heterocycles. The highest BCUT2D eigenvalue weighted by atomic mass is 32.2. The minimum atomic E-state index is -3.55. The Morgan fingerprint density at radius 2 is 1.61 bits per heavy atom. The van der Waals surface area contributed by atoms with Gasteiger partial charge in [0.25, 0.3) is 0 Å². The quantitative estimate of drug-likeness (QED) is 0.500. The van der Waals surface area contributed by atoms with E-state index in [0.29, 0.717) is 11.8 Å². The number of nitrogens with two attached hydrogens (primary N) is 1. The van der Waals surface area contributed by atoms with Crippen LogP contribution in [-0.2, 0) is 14.8 Å². The Labute approximate surface area is 197 Å². The molecule has 1 heterocycles. The van der Waals surface area contributed by atoms with E-state index in [4.69, 9.17) is 14.7 Å². The Morgan fingerprint density at radius 3 is 2.03 bits per heavy atom. The van der Waals surface area contributed by atoms with Gasteiger partial charge in [-0.25, -0.2) is 13.6 Å². The van der Waals surface area contributed by atoms with Gasteiger partial charge in [0.2, 0.25) is 10.0 Å². The zero-order valence-corrected chi connectivity index (χ0v) is 21.2. The van der Waals surface area contributed by atoms with E-state index in [1.54, 1.807) is 19.2 Å². The molecule has 0 atom stereocenters. The van der Waals surface area contributed by atoms with Crippen molar-refractivity contribution in [3.63, 3.8) is 0 Å². The summed E-state index contributed by atoms with van der Waals surface area (Å²) in [4.78, 5) is 13.4. The molecule has 0 aliphatic carbocycles. The molecule has 0 aliphatic rings. The number of hydrogen-bond acceptors (Lipinski definition) is 6. The number of primary sulfonamides is 1. The summed E-state index contributed by atoms with van der Waals surface area (Å²) in [7, 11) is 0.0566. The fourth-order valence-electron chi connectivity index (χ4n) is 3.19. The first-order valence-corrected chi connectivity index (χ1v) is 12.2. The van der Waals surface area contributed by atoms with Gasteiger partial charge in [-0.3, -0.25) is 4.98 Å². The Balaban J connectivity index is 0.000000304. The van der Waals surface area contributed by atoms with Crippen LogP contribution in [-0.4, -0.2) is 33.8 Å². The molecular weight excluding hydrogens is 438 g/mol. The molecule has 8 heteroatoms. The second-order valence-electron chi connectivity index (χ2n) is 7.88. The van der Waals surface area contributed by atoms with Crippen LogP contribution in [0.1, 0.15) is 57.6 Å². The number of hydrogen-bond donors (Lipinski definition) is 2. The predicted molar refractivity (Wildman–Crippen MR) is 136 cm³/mol. The van der Waals surface area contributed by atoms with E-state index in [2.05, 4.69) is 30.2 Å². The second-order valence-corrected chi connectivity index (χ2v) is 9.44. The topological polar surface area (TPSA) is 111 Å². The number of anilines is 1. The average molecular weight is 474 g/mol. The molecule has 1 aromatic heterocycles. The van der Waals surface area contributed by atoms with Crippen LogP contribution in [0.15, 0.2) is 53.6 Å². The molecule has 2 aromatic carbocycles. The number of methoxy groups -OCH3 is 1. The van der Waals surface area contributed by atoms with Gasteiger partial charge in [-0.15, -0.1) is 0 Å². The molecule has 180 valence electrons. The van der Waals surface area contributed by atoms with Gasteiger partial charge < -0.3 is 14.8 Å². The van der Waals surface area contributed by atoms with Crippen molar-refractivity contribution in [3.8, 4) is 5.75 Å². The van der Waals surface area contributed by atoms with E-state index in [9.17, 15) is 8.42 Å². The lowest BCUT2D eigenvalue weighted by Crippen LogP contribution is -2.11. The first kappa shape index (κ1) is 28.1. The van der Waals surface area contributed by atoms with Crippen LogP contribution in [0.4, 0.5) is 5.69 Å². The highest BCUT2D eigenvalue weighted by Crippen LogP contribution is 2.32. The van der Waals surface area contributed by atoms with Crippen LogP contribution >= 0.6 is 0 Å². The minimum Gasteiger partial charge on any atom is -0.497 e. The van der Waals surface area contributed by atoms with Crippen molar-refractivity contribution in [1.29, 1.82) is 0 Å². The molecule has 0 fully saturated rings. The molecule has 3 aromatic rings. The molecule has 0 amide bonds. The maximum absolute atomic E-state index is 10.9. The van der Waals surface area contributed by atoms with Gasteiger partial charge in [-0.1, -0.05) is 39.8 Å². The lowest BCUT2D eigenvalue weighted by Gasteiger charge is -2.15.